The fraction of sp³-hybridized carbons (Fsp3) is 0.562. The standard InChI is InChI=1S/C16H22F3NO/c1-2-5-12(10-11-20)8-9-15(21)13-6-3-4-7-14(13)16(17,18)19/h3-4,6-7,12H,2,5,8-11,20H2,1H3. The first-order chi connectivity index (χ1) is 9.90. The van der Waals surface area contributed by atoms with E-state index in [1.165, 1.54) is 18.2 Å². The molecule has 5 heteroatoms. The van der Waals surface area contributed by atoms with Gasteiger partial charge in [0.25, 0.3) is 0 Å². The molecular weight excluding hydrogens is 279 g/mol. The Balaban J connectivity index is 2.76. The van der Waals surface area contributed by atoms with Gasteiger partial charge in [0, 0.05) is 12.0 Å². The number of hydrogen-bond acceptors (Lipinski definition) is 2. The molecule has 0 aromatic heterocycles. The molecule has 0 saturated carbocycles. The third-order valence-corrected chi connectivity index (χ3v) is 3.58. The quantitative estimate of drug-likeness (QED) is 0.722. The minimum Gasteiger partial charge on any atom is -0.330 e. The van der Waals surface area contributed by atoms with Crippen molar-refractivity contribution in [1.82, 2.24) is 0 Å². The Bertz CT molecular complexity index is 451. The van der Waals surface area contributed by atoms with Crippen molar-refractivity contribution in [3.8, 4) is 0 Å². The summed E-state index contributed by atoms with van der Waals surface area (Å²) >= 11 is 0. The fourth-order valence-corrected chi connectivity index (χ4v) is 2.52. The van der Waals surface area contributed by atoms with E-state index in [-0.39, 0.29) is 12.0 Å². The number of carbonyl (C=O) groups is 1. The van der Waals surface area contributed by atoms with Gasteiger partial charge >= 0.3 is 6.18 Å². The van der Waals surface area contributed by atoms with E-state index < -0.39 is 17.5 Å². The maximum absolute atomic E-state index is 12.9. The van der Waals surface area contributed by atoms with Gasteiger partial charge in [-0.05, 0) is 31.4 Å². The number of carbonyl (C=O) groups excluding carboxylic acids is 1. The smallest absolute Gasteiger partial charge is 0.330 e. The van der Waals surface area contributed by atoms with Crippen molar-refractivity contribution in [2.45, 2.75) is 45.2 Å². The highest BCUT2D eigenvalue weighted by Gasteiger charge is 2.34. The molecule has 0 aliphatic rings. The molecule has 1 unspecified atom stereocenters. The van der Waals surface area contributed by atoms with Crippen LogP contribution in [0.15, 0.2) is 24.3 Å². The molecule has 0 aliphatic carbocycles. The van der Waals surface area contributed by atoms with E-state index in [0.717, 1.165) is 25.3 Å². The number of rotatable bonds is 8. The predicted molar refractivity (Wildman–Crippen MR) is 77.1 cm³/mol. The Hall–Kier alpha value is -1.36. The van der Waals surface area contributed by atoms with E-state index in [4.69, 9.17) is 5.73 Å². The lowest BCUT2D eigenvalue weighted by atomic mass is 9.91. The van der Waals surface area contributed by atoms with E-state index in [1.807, 2.05) is 6.92 Å². The Morgan fingerprint density at radius 3 is 2.43 bits per heavy atom. The van der Waals surface area contributed by atoms with Crippen LogP contribution in [0.3, 0.4) is 0 Å². The molecule has 0 fully saturated rings. The highest BCUT2D eigenvalue weighted by molar-refractivity contribution is 5.97. The number of hydrogen-bond donors (Lipinski definition) is 1. The minimum atomic E-state index is -4.49. The van der Waals surface area contributed by atoms with E-state index in [2.05, 4.69) is 0 Å². The van der Waals surface area contributed by atoms with Crippen LogP contribution in [-0.4, -0.2) is 12.3 Å². The molecule has 0 bridgehead atoms. The SMILES string of the molecule is CCCC(CCN)CCC(=O)c1ccccc1C(F)(F)F. The summed E-state index contributed by atoms with van der Waals surface area (Å²) < 4.78 is 38.6. The van der Waals surface area contributed by atoms with Gasteiger partial charge in [-0.2, -0.15) is 13.2 Å². The van der Waals surface area contributed by atoms with Crippen LogP contribution >= 0.6 is 0 Å². The Morgan fingerprint density at radius 1 is 1.19 bits per heavy atom. The number of nitrogens with two attached hydrogens (primary N) is 1. The summed E-state index contributed by atoms with van der Waals surface area (Å²) in [7, 11) is 0. The van der Waals surface area contributed by atoms with Gasteiger partial charge in [-0.25, -0.2) is 0 Å². The zero-order valence-electron chi connectivity index (χ0n) is 12.2. The number of ketones is 1. The van der Waals surface area contributed by atoms with Gasteiger partial charge in [0.2, 0.25) is 0 Å². The molecule has 1 atom stereocenters. The van der Waals surface area contributed by atoms with Crippen LogP contribution in [0.25, 0.3) is 0 Å². The molecule has 2 N–H and O–H groups in total. The summed E-state index contributed by atoms with van der Waals surface area (Å²) in [6.45, 7) is 2.59. The van der Waals surface area contributed by atoms with Crippen molar-refractivity contribution in [2.24, 2.45) is 11.7 Å². The summed E-state index contributed by atoms with van der Waals surface area (Å²) in [5, 5.41) is 0. The Kier molecular flexibility index (Phi) is 6.89. The van der Waals surface area contributed by atoms with Crippen LogP contribution in [-0.2, 0) is 6.18 Å². The lowest BCUT2D eigenvalue weighted by molar-refractivity contribution is -0.137. The van der Waals surface area contributed by atoms with Crippen molar-refractivity contribution in [3.05, 3.63) is 35.4 Å². The lowest BCUT2D eigenvalue weighted by Gasteiger charge is -2.16. The summed E-state index contributed by atoms with van der Waals surface area (Å²) in [5.41, 5.74) is 4.45. The van der Waals surface area contributed by atoms with Gasteiger partial charge in [-0.15, -0.1) is 0 Å². The van der Waals surface area contributed by atoms with Gasteiger partial charge < -0.3 is 5.73 Å². The van der Waals surface area contributed by atoms with Crippen molar-refractivity contribution in [3.63, 3.8) is 0 Å². The van der Waals surface area contributed by atoms with Crippen molar-refractivity contribution in [1.29, 1.82) is 0 Å². The summed E-state index contributed by atoms with van der Waals surface area (Å²) in [4.78, 5) is 12.1. The summed E-state index contributed by atoms with van der Waals surface area (Å²) in [6, 6.07) is 4.97. The van der Waals surface area contributed by atoms with Gasteiger partial charge in [-0.3, -0.25) is 4.79 Å². The van der Waals surface area contributed by atoms with E-state index in [1.54, 1.807) is 0 Å². The molecular formula is C16H22F3NO. The molecule has 0 aliphatic heterocycles. The second-order valence-corrected chi connectivity index (χ2v) is 5.24. The number of Topliss-reactive ketones (excluding diaryl/α,β-unsaturated/α-hetero) is 1. The highest BCUT2D eigenvalue weighted by Crippen LogP contribution is 2.32. The van der Waals surface area contributed by atoms with Gasteiger partial charge in [0.15, 0.2) is 5.78 Å². The zero-order chi connectivity index (χ0) is 15.9. The number of alkyl halides is 3. The average molecular weight is 301 g/mol. The molecule has 2 nitrogen and oxygen atoms in total. The number of benzene rings is 1. The molecule has 1 rings (SSSR count). The largest absolute Gasteiger partial charge is 0.417 e. The van der Waals surface area contributed by atoms with Crippen molar-refractivity contribution in [2.75, 3.05) is 6.54 Å². The first-order valence-corrected chi connectivity index (χ1v) is 7.29. The lowest BCUT2D eigenvalue weighted by Crippen LogP contribution is -2.15. The van der Waals surface area contributed by atoms with Crippen LogP contribution in [0.4, 0.5) is 13.2 Å². The average Bonchev–Trinajstić information content (AvgIpc) is 2.44. The van der Waals surface area contributed by atoms with Crippen LogP contribution in [0.1, 0.15) is 54.9 Å². The first-order valence-electron chi connectivity index (χ1n) is 7.29. The molecule has 0 spiro atoms. The number of halogens is 3. The second kappa shape index (κ2) is 8.17. The zero-order valence-corrected chi connectivity index (χ0v) is 12.2. The van der Waals surface area contributed by atoms with Crippen LogP contribution in [0, 0.1) is 5.92 Å². The minimum absolute atomic E-state index is 0.137. The summed E-state index contributed by atoms with van der Waals surface area (Å²) in [5.74, 6) is -0.136. The third-order valence-electron chi connectivity index (χ3n) is 3.58. The molecule has 0 heterocycles. The van der Waals surface area contributed by atoms with Crippen LogP contribution in [0.2, 0.25) is 0 Å². The first kappa shape index (κ1) is 17.7. The Labute approximate surface area is 123 Å². The van der Waals surface area contributed by atoms with E-state index in [0.29, 0.717) is 18.9 Å². The third kappa shape index (κ3) is 5.50. The monoisotopic (exact) mass is 301 g/mol. The topological polar surface area (TPSA) is 43.1 Å². The molecule has 118 valence electrons. The molecule has 1 aromatic carbocycles. The maximum atomic E-state index is 12.9. The highest BCUT2D eigenvalue weighted by atomic mass is 19.4. The summed E-state index contributed by atoms with van der Waals surface area (Å²) in [6.07, 6.45) is -1.02. The van der Waals surface area contributed by atoms with Crippen molar-refractivity contribution >= 4 is 5.78 Å². The molecule has 0 amide bonds. The predicted octanol–water partition coefficient (Wildman–Crippen LogP) is 4.43. The van der Waals surface area contributed by atoms with Gasteiger partial charge in [-0.1, -0.05) is 38.0 Å². The molecule has 21 heavy (non-hydrogen) atoms. The van der Waals surface area contributed by atoms with E-state index >= 15 is 0 Å². The van der Waals surface area contributed by atoms with Gasteiger partial charge in [0.1, 0.15) is 0 Å². The molecule has 0 radical (unpaired) electrons. The van der Waals surface area contributed by atoms with Crippen LogP contribution in [0.5, 0.6) is 0 Å². The molecule has 1 aromatic rings. The second-order valence-electron chi connectivity index (χ2n) is 5.24. The van der Waals surface area contributed by atoms with Gasteiger partial charge in [0.05, 0.1) is 5.56 Å². The normalized spacial score (nSPS) is 13.2. The molecule has 0 saturated heterocycles. The van der Waals surface area contributed by atoms with Crippen LogP contribution < -0.4 is 5.73 Å². The fourth-order valence-electron chi connectivity index (χ4n) is 2.52. The Morgan fingerprint density at radius 2 is 1.86 bits per heavy atom. The van der Waals surface area contributed by atoms with E-state index in [9.17, 15) is 18.0 Å². The van der Waals surface area contributed by atoms with Crippen molar-refractivity contribution < 1.29 is 18.0 Å². The maximum Gasteiger partial charge on any atom is 0.417 e.